The number of nitrogens with zero attached hydrogens (tertiary/aromatic N) is 1. The molecule has 3 aromatic rings. The van der Waals surface area contributed by atoms with Crippen molar-refractivity contribution in [2.75, 3.05) is 12.0 Å². The Morgan fingerprint density at radius 3 is 2.52 bits per heavy atom. The van der Waals surface area contributed by atoms with E-state index in [1.807, 2.05) is 19.1 Å². The number of carbonyl (C=O) groups is 2. The van der Waals surface area contributed by atoms with E-state index in [9.17, 15) is 14.7 Å². The van der Waals surface area contributed by atoms with Crippen molar-refractivity contribution in [1.29, 1.82) is 0 Å². The largest absolute Gasteiger partial charge is 0.507 e. The Balaban J connectivity index is 1.89. The zero-order valence-electron chi connectivity index (χ0n) is 17.0. The minimum absolute atomic E-state index is 0.0658. The number of benzene rings is 2. The molecule has 1 aromatic heterocycles. The fourth-order valence-corrected chi connectivity index (χ4v) is 3.86. The Kier molecular flexibility index (Phi) is 5.57. The summed E-state index contributed by atoms with van der Waals surface area (Å²) in [6.07, 6.45) is 2.31. The predicted molar refractivity (Wildman–Crippen MR) is 117 cm³/mol. The lowest BCUT2D eigenvalue weighted by Crippen LogP contribution is -2.29. The van der Waals surface area contributed by atoms with Crippen LogP contribution in [0.25, 0.3) is 5.76 Å². The first-order valence-corrected chi connectivity index (χ1v) is 10.1. The van der Waals surface area contributed by atoms with Gasteiger partial charge in [0.25, 0.3) is 11.7 Å². The molecule has 1 amide bonds. The number of ether oxygens (including phenoxy) is 1. The molecule has 1 unspecified atom stereocenters. The number of carbonyl (C=O) groups excluding carboxylic acids is 2. The van der Waals surface area contributed by atoms with E-state index in [1.54, 1.807) is 36.4 Å². The number of amides is 1. The summed E-state index contributed by atoms with van der Waals surface area (Å²) in [5.41, 5.74) is 1.87. The summed E-state index contributed by atoms with van der Waals surface area (Å²) in [6, 6.07) is 14.4. The number of aliphatic hydroxyl groups is 1. The van der Waals surface area contributed by atoms with E-state index in [0.29, 0.717) is 27.8 Å². The van der Waals surface area contributed by atoms with Crippen LogP contribution in [0.4, 0.5) is 5.69 Å². The molecule has 1 N–H and O–H groups in total. The maximum absolute atomic E-state index is 13.0. The summed E-state index contributed by atoms with van der Waals surface area (Å²) >= 11 is 6.08. The van der Waals surface area contributed by atoms with Crippen molar-refractivity contribution < 1.29 is 23.8 Å². The van der Waals surface area contributed by atoms with Gasteiger partial charge in [-0.05, 0) is 54.4 Å². The van der Waals surface area contributed by atoms with Crippen molar-refractivity contribution in [2.24, 2.45) is 0 Å². The van der Waals surface area contributed by atoms with Crippen molar-refractivity contribution in [3.8, 4) is 5.75 Å². The number of hydrogen-bond donors (Lipinski definition) is 1. The number of ketones is 1. The molecular weight excluding hydrogens is 418 g/mol. The molecular formula is C24H20ClNO5. The molecule has 0 radical (unpaired) electrons. The van der Waals surface area contributed by atoms with Crippen LogP contribution in [-0.4, -0.2) is 23.9 Å². The SMILES string of the molecule is CCc1ccc(N2C(=O)C(=O)/C(=C(\O)c3ccc(Cl)c(OC)c3)C2c2ccco2)cc1. The van der Waals surface area contributed by atoms with Crippen molar-refractivity contribution >= 4 is 34.7 Å². The highest BCUT2D eigenvalue weighted by Crippen LogP contribution is 2.42. The van der Waals surface area contributed by atoms with Gasteiger partial charge < -0.3 is 14.3 Å². The van der Waals surface area contributed by atoms with Crippen LogP contribution in [0.3, 0.4) is 0 Å². The molecule has 1 fully saturated rings. The second kappa shape index (κ2) is 8.32. The van der Waals surface area contributed by atoms with Crippen molar-refractivity contribution in [3.63, 3.8) is 0 Å². The van der Waals surface area contributed by atoms with E-state index in [0.717, 1.165) is 12.0 Å². The van der Waals surface area contributed by atoms with Crippen LogP contribution in [-0.2, 0) is 16.0 Å². The van der Waals surface area contributed by atoms with Crippen LogP contribution >= 0.6 is 11.6 Å². The van der Waals surface area contributed by atoms with E-state index in [1.165, 1.54) is 24.3 Å². The Labute approximate surface area is 184 Å². The maximum Gasteiger partial charge on any atom is 0.300 e. The monoisotopic (exact) mass is 437 g/mol. The molecule has 1 atom stereocenters. The minimum atomic E-state index is -0.913. The molecule has 0 aliphatic carbocycles. The molecule has 158 valence electrons. The predicted octanol–water partition coefficient (Wildman–Crippen LogP) is 5.13. The number of methoxy groups -OCH3 is 1. The quantitative estimate of drug-likeness (QED) is 0.340. The van der Waals surface area contributed by atoms with Gasteiger partial charge in [-0.1, -0.05) is 30.7 Å². The van der Waals surface area contributed by atoms with Crippen LogP contribution in [0.15, 0.2) is 70.9 Å². The second-order valence-electron chi connectivity index (χ2n) is 7.05. The lowest BCUT2D eigenvalue weighted by Gasteiger charge is -2.23. The van der Waals surface area contributed by atoms with Gasteiger partial charge in [0.1, 0.15) is 23.3 Å². The fraction of sp³-hybridized carbons (Fsp3) is 0.167. The third kappa shape index (κ3) is 3.59. The zero-order valence-corrected chi connectivity index (χ0v) is 17.7. The lowest BCUT2D eigenvalue weighted by molar-refractivity contribution is -0.132. The van der Waals surface area contributed by atoms with Gasteiger partial charge in [0.15, 0.2) is 0 Å². The van der Waals surface area contributed by atoms with Crippen LogP contribution < -0.4 is 9.64 Å². The first kappa shape index (κ1) is 20.8. The summed E-state index contributed by atoms with van der Waals surface area (Å²) < 4.78 is 10.8. The van der Waals surface area contributed by atoms with Gasteiger partial charge in [-0.15, -0.1) is 0 Å². The lowest BCUT2D eigenvalue weighted by atomic mass is 9.99. The minimum Gasteiger partial charge on any atom is -0.507 e. The average molecular weight is 438 g/mol. The number of hydrogen-bond acceptors (Lipinski definition) is 5. The van der Waals surface area contributed by atoms with Crippen molar-refractivity contribution in [3.05, 3.63) is 88.3 Å². The van der Waals surface area contributed by atoms with E-state index in [2.05, 4.69) is 0 Å². The summed E-state index contributed by atoms with van der Waals surface area (Å²) in [4.78, 5) is 27.4. The van der Waals surface area contributed by atoms with Gasteiger partial charge in [0.2, 0.25) is 0 Å². The third-order valence-corrected chi connectivity index (χ3v) is 5.62. The first-order valence-electron chi connectivity index (χ1n) is 9.73. The zero-order chi connectivity index (χ0) is 22.1. The van der Waals surface area contributed by atoms with E-state index in [4.69, 9.17) is 20.8 Å². The van der Waals surface area contributed by atoms with Gasteiger partial charge in [-0.25, -0.2) is 0 Å². The molecule has 31 heavy (non-hydrogen) atoms. The van der Waals surface area contributed by atoms with Gasteiger partial charge in [0.05, 0.1) is 24.0 Å². The number of aliphatic hydroxyl groups excluding tert-OH is 1. The molecule has 2 aromatic carbocycles. The smallest absolute Gasteiger partial charge is 0.300 e. The standard InChI is InChI=1S/C24H20ClNO5/c1-3-14-6-9-16(10-7-14)26-21(18-5-4-12-31-18)20(23(28)24(26)29)22(27)15-8-11-17(25)19(13-15)30-2/h4-13,21,27H,3H2,1-2H3/b22-20-. The summed E-state index contributed by atoms with van der Waals surface area (Å²) in [7, 11) is 1.45. The molecule has 6 nitrogen and oxygen atoms in total. The van der Waals surface area contributed by atoms with Crippen LogP contribution in [0.5, 0.6) is 5.75 Å². The number of aryl methyl sites for hydroxylation is 1. The van der Waals surface area contributed by atoms with E-state index < -0.39 is 17.7 Å². The highest BCUT2D eigenvalue weighted by atomic mass is 35.5. The Bertz CT molecular complexity index is 1170. The third-order valence-electron chi connectivity index (χ3n) is 5.30. The summed E-state index contributed by atoms with van der Waals surface area (Å²) in [5.74, 6) is -1.17. The molecule has 1 aliphatic heterocycles. The molecule has 0 bridgehead atoms. The highest BCUT2D eigenvalue weighted by molar-refractivity contribution is 6.51. The number of Topliss-reactive ketones (excluding diaryl/α,β-unsaturated/α-hetero) is 1. The second-order valence-corrected chi connectivity index (χ2v) is 7.46. The van der Waals surface area contributed by atoms with Gasteiger partial charge >= 0.3 is 0 Å². The number of anilines is 1. The number of rotatable bonds is 5. The van der Waals surface area contributed by atoms with Crippen molar-refractivity contribution in [2.45, 2.75) is 19.4 Å². The summed E-state index contributed by atoms with van der Waals surface area (Å²) in [5, 5.41) is 11.4. The molecule has 0 spiro atoms. The first-order chi connectivity index (χ1) is 15.0. The van der Waals surface area contributed by atoms with Crippen LogP contribution in [0.1, 0.15) is 29.9 Å². The maximum atomic E-state index is 13.0. The van der Waals surface area contributed by atoms with Crippen LogP contribution in [0.2, 0.25) is 5.02 Å². The average Bonchev–Trinajstić information content (AvgIpc) is 3.41. The van der Waals surface area contributed by atoms with Gasteiger partial charge in [-0.2, -0.15) is 0 Å². The van der Waals surface area contributed by atoms with E-state index in [-0.39, 0.29) is 11.3 Å². The Morgan fingerprint density at radius 1 is 1.16 bits per heavy atom. The van der Waals surface area contributed by atoms with Gasteiger partial charge in [0, 0.05) is 11.3 Å². The van der Waals surface area contributed by atoms with Crippen LogP contribution in [0, 0.1) is 0 Å². The molecule has 7 heteroatoms. The normalized spacial score (nSPS) is 17.9. The molecule has 2 heterocycles. The molecule has 4 rings (SSSR count). The highest BCUT2D eigenvalue weighted by Gasteiger charge is 2.48. The molecule has 0 saturated carbocycles. The fourth-order valence-electron chi connectivity index (χ4n) is 3.67. The molecule has 1 saturated heterocycles. The Morgan fingerprint density at radius 2 is 1.90 bits per heavy atom. The van der Waals surface area contributed by atoms with Gasteiger partial charge in [-0.3, -0.25) is 14.5 Å². The number of furan rings is 1. The Hall–Kier alpha value is -3.51. The number of halogens is 1. The van der Waals surface area contributed by atoms with Crippen molar-refractivity contribution in [1.82, 2.24) is 0 Å². The molecule has 1 aliphatic rings. The topological polar surface area (TPSA) is 80.0 Å². The summed E-state index contributed by atoms with van der Waals surface area (Å²) in [6.45, 7) is 2.03. The van der Waals surface area contributed by atoms with E-state index >= 15 is 0 Å².